The van der Waals surface area contributed by atoms with Crippen LogP contribution in [0.3, 0.4) is 0 Å². The van der Waals surface area contributed by atoms with E-state index < -0.39 is 0 Å². The van der Waals surface area contributed by atoms with Gasteiger partial charge in [0.2, 0.25) is 0 Å². The van der Waals surface area contributed by atoms with Crippen LogP contribution in [0.5, 0.6) is 0 Å². The third-order valence-corrected chi connectivity index (χ3v) is 3.80. The van der Waals surface area contributed by atoms with Gasteiger partial charge in [0, 0.05) is 29.9 Å². The molecule has 23 heavy (non-hydrogen) atoms. The van der Waals surface area contributed by atoms with Crippen LogP contribution in [0.4, 0.5) is 0 Å². The number of aromatic nitrogens is 2. The van der Waals surface area contributed by atoms with Crippen LogP contribution in [0.1, 0.15) is 34.6 Å². The summed E-state index contributed by atoms with van der Waals surface area (Å²) in [5.41, 5.74) is 3.42. The minimum atomic E-state index is -0.117. The maximum atomic E-state index is 12.5. The van der Waals surface area contributed by atoms with Gasteiger partial charge in [-0.3, -0.25) is 9.48 Å². The summed E-state index contributed by atoms with van der Waals surface area (Å²) in [7, 11) is 1.87. The van der Waals surface area contributed by atoms with Gasteiger partial charge in [-0.15, -0.1) is 0 Å². The van der Waals surface area contributed by atoms with Crippen molar-refractivity contribution in [3.8, 4) is 11.3 Å². The molecule has 0 saturated heterocycles. The molecule has 0 aliphatic rings. The molecule has 2 heterocycles. The monoisotopic (exact) mass is 309 g/mol. The van der Waals surface area contributed by atoms with Crippen molar-refractivity contribution in [3.05, 3.63) is 65.7 Å². The van der Waals surface area contributed by atoms with E-state index in [2.05, 4.69) is 10.4 Å². The quantitative estimate of drug-likeness (QED) is 0.802. The maximum absolute atomic E-state index is 12.5. The Kier molecular flexibility index (Phi) is 4.02. The maximum Gasteiger partial charge on any atom is 0.251 e. The topological polar surface area (TPSA) is 60.1 Å². The van der Waals surface area contributed by atoms with Crippen molar-refractivity contribution in [2.24, 2.45) is 7.05 Å². The number of hydrogen-bond donors (Lipinski definition) is 1. The first kappa shape index (κ1) is 15.1. The highest BCUT2D eigenvalue weighted by atomic mass is 16.3. The zero-order chi connectivity index (χ0) is 16.4. The summed E-state index contributed by atoms with van der Waals surface area (Å²) in [5, 5.41) is 7.33. The van der Waals surface area contributed by atoms with Gasteiger partial charge in [0.05, 0.1) is 18.0 Å². The van der Waals surface area contributed by atoms with Crippen molar-refractivity contribution in [3.63, 3.8) is 0 Å². The summed E-state index contributed by atoms with van der Waals surface area (Å²) >= 11 is 0. The third-order valence-electron chi connectivity index (χ3n) is 3.80. The minimum Gasteiger partial charge on any atom is -0.464 e. The fourth-order valence-electron chi connectivity index (χ4n) is 2.66. The molecule has 1 N–H and O–H groups in total. The number of aryl methyl sites for hydroxylation is 2. The molecule has 1 aromatic carbocycles. The Morgan fingerprint density at radius 3 is 2.78 bits per heavy atom. The van der Waals surface area contributed by atoms with Gasteiger partial charge >= 0.3 is 0 Å². The number of carbonyl (C=O) groups is 1. The second-order valence-electron chi connectivity index (χ2n) is 5.60. The highest BCUT2D eigenvalue weighted by molar-refractivity contribution is 5.95. The first-order chi connectivity index (χ1) is 11.0. The SMILES string of the molecule is Cc1nn(C)cc1[C@@H](C)NC(=O)c1cccc(-c2ccco2)c1. The van der Waals surface area contributed by atoms with Gasteiger partial charge in [0.1, 0.15) is 5.76 Å². The van der Waals surface area contributed by atoms with Gasteiger partial charge in [-0.25, -0.2) is 0 Å². The summed E-state index contributed by atoms with van der Waals surface area (Å²) in [5.74, 6) is 0.630. The predicted octanol–water partition coefficient (Wildman–Crippen LogP) is 3.48. The van der Waals surface area contributed by atoms with Crippen molar-refractivity contribution in [1.29, 1.82) is 0 Å². The number of carbonyl (C=O) groups excluding carboxylic acids is 1. The zero-order valence-corrected chi connectivity index (χ0v) is 13.4. The summed E-state index contributed by atoms with van der Waals surface area (Å²) in [6, 6.07) is 11.0. The lowest BCUT2D eigenvalue weighted by atomic mass is 10.1. The normalized spacial score (nSPS) is 12.1. The summed E-state index contributed by atoms with van der Waals surface area (Å²) in [4.78, 5) is 12.5. The highest BCUT2D eigenvalue weighted by Crippen LogP contribution is 2.21. The van der Waals surface area contributed by atoms with Gasteiger partial charge in [-0.05, 0) is 38.1 Å². The van der Waals surface area contributed by atoms with Crippen LogP contribution < -0.4 is 5.32 Å². The molecule has 0 spiro atoms. The molecule has 0 aliphatic heterocycles. The molecule has 1 amide bonds. The predicted molar refractivity (Wildman–Crippen MR) is 88.0 cm³/mol. The summed E-state index contributed by atoms with van der Waals surface area (Å²) in [6.45, 7) is 3.90. The lowest BCUT2D eigenvalue weighted by Gasteiger charge is -2.13. The van der Waals surface area contributed by atoms with Crippen molar-refractivity contribution in [2.75, 3.05) is 0 Å². The largest absolute Gasteiger partial charge is 0.464 e. The lowest BCUT2D eigenvalue weighted by molar-refractivity contribution is 0.0940. The third kappa shape index (κ3) is 3.18. The van der Waals surface area contributed by atoms with E-state index in [-0.39, 0.29) is 11.9 Å². The van der Waals surface area contributed by atoms with E-state index in [9.17, 15) is 4.79 Å². The average molecular weight is 309 g/mol. The van der Waals surface area contributed by atoms with E-state index >= 15 is 0 Å². The highest BCUT2D eigenvalue weighted by Gasteiger charge is 2.16. The van der Waals surface area contributed by atoms with Crippen LogP contribution in [-0.4, -0.2) is 15.7 Å². The molecule has 0 aliphatic carbocycles. The van der Waals surface area contributed by atoms with E-state index in [1.54, 1.807) is 17.0 Å². The Morgan fingerprint density at radius 2 is 2.13 bits per heavy atom. The molecular formula is C18H19N3O2. The smallest absolute Gasteiger partial charge is 0.251 e. The number of nitrogens with one attached hydrogen (secondary N) is 1. The Labute approximate surface area is 134 Å². The van der Waals surface area contributed by atoms with E-state index in [1.807, 2.05) is 57.4 Å². The van der Waals surface area contributed by atoms with Crippen molar-refractivity contribution in [2.45, 2.75) is 19.9 Å². The molecular weight excluding hydrogens is 290 g/mol. The number of rotatable bonds is 4. The molecule has 0 fully saturated rings. The second kappa shape index (κ2) is 6.12. The molecule has 0 radical (unpaired) electrons. The Morgan fingerprint density at radius 1 is 1.30 bits per heavy atom. The Balaban J connectivity index is 1.78. The van der Waals surface area contributed by atoms with Crippen LogP contribution in [0.25, 0.3) is 11.3 Å². The first-order valence-electron chi connectivity index (χ1n) is 7.49. The Bertz CT molecular complexity index is 819. The molecule has 3 aromatic rings. The minimum absolute atomic E-state index is 0.108. The second-order valence-corrected chi connectivity index (χ2v) is 5.60. The number of nitrogens with zero attached hydrogens (tertiary/aromatic N) is 2. The fraction of sp³-hybridized carbons (Fsp3) is 0.222. The molecule has 3 rings (SSSR count). The molecule has 118 valence electrons. The number of benzene rings is 1. The summed E-state index contributed by atoms with van der Waals surface area (Å²) < 4.78 is 7.14. The molecule has 5 heteroatoms. The molecule has 0 unspecified atom stereocenters. The van der Waals surface area contributed by atoms with Gasteiger partial charge in [0.25, 0.3) is 5.91 Å². The molecule has 5 nitrogen and oxygen atoms in total. The van der Waals surface area contributed by atoms with Crippen LogP contribution in [-0.2, 0) is 7.05 Å². The average Bonchev–Trinajstić information content (AvgIpc) is 3.17. The fourth-order valence-corrected chi connectivity index (χ4v) is 2.66. The zero-order valence-electron chi connectivity index (χ0n) is 13.4. The number of furan rings is 1. The van der Waals surface area contributed by atoms with Crippen molar-refractivity contribution < 1.29 is 9.21 Å². The van der Waals surface area contributed by atoms with Crippen LogP contribution in [0, 0.1) is 6.92 Å². The van der Waals surface area contributed by atoms with E-state index in [1.165, 1.54) is 0 Å². The van der Waals surface area contributed by atoms with E-state index in [0.717, 1.165) is 22.6 Å². The van der Waals surface area contributed by atoms with Crippen LogP contribution in [0.2, 0.25) is 0 Å². The molecule has 0 saturated carbocycles. The van der Waals surface area contributed by atoms with Crippen LogP contribution in [0.15, 0.2) is 53.3 Å². The molecule has 1 atom stereocenters. The lowest BCUT2D eigenvalue weighted by Crippen LogP contribution is -2.26. The van der Waals surface area contributed by atoms with Crippen molar-refractivity contribution >= 4 is 5.91 Å². The van der Waals surface area contributed by atoms with E-state index in [0.29, 0.717) is 5.56 Å². The van der Waals surface area contributed by atoms with Gasteiger partial charge in [-0.1, -0.05) is 12.1 Å². The standard InChI is InChI=1S/C18H19N3O2/c1-12(16-11-21(3)20-13(16)2)19-18(22)15-7-4-6-14(10-15)17-8-5-9-23-17/h4-12H,1-3H3,(H,19,22)/t12-/m1/s1. The Hall–Kier alpha value is -2.82. The first-order valence-corrected chi connectivity index (χ1v) is 7.49. The van der Waals surface area contributed by atoms with Gasteiger partial charge < -0.3 is 9.73 Å². The number of amides is 1. The molecule has 0 bridgehead atoms. The van der Waals surface area contributed by atoms with E-state index in [4.69, 9.17) is 4.42 Å². The van der Waals surface area contributed by atoms with Crippen LogP contribution >= 0.6 is 0 Å². The molecule has 2 aromatic heterocycles. The summed E-state index contributed by atoms with van der Waals surface area (Å²) in [6.07, 6.45) is 3.55. The van der Waals surface area contributed by atoms with Gasteiger partial charge in [0.15, 0.2) is 0 Å². The van der Waals surface area contributed by atoms with Gasteiger partial charge in [-0.2, -0.15) is 5.10 Å². The van der Waals surface area contributed by atoms with Crippen molar-refractivity contribution in [1.82, 2.24) is 15.1 Å². The number of hydrogen-bond acceptors (Lipinski definition) is 3.